The summed E-state index contributed by atoms with van der Waals surface area (Å²) in [5.41, 5.74) is 0.791. The van der Waals surface area contributed by atoms with E-state index in [-0.39, 0.29) is 13.1 Å². The van der Waals surface area contributed by atoms with Gasteiger partial charge in [0.1, 0.15) is 17.6 Å². The summed E-state index contributed by atoms with van der Waals surface area (Å²) < 4.78 is 15.7. The van der Waals surface area contributed by atoms with E-state index in [2.05, 4.69) is 10.6 Å². The second kappa shape index (κ2) is 8.73. The second-order valence-electron chi connectivity index (χ2n) is 4.94. The molecule has 1 heterocycles. The van der Waals surface area contributed by atoms with Gasteiger partial charge in [0.05, 0.1) is 19.9 Å². The van der Waals surface area contributed by atoms with E-state index in [9.17, 15) is 9.59 Å². The first-order valence-electron chi connectivity index (χ1n) is 7.39. The number of carbonyl (C=O) groups is 2. The average Bonchev–Trinajstić information content (AvgIpc) is 3.13. The maximum atomic E-state index is 11.9. The summed E-state index contributed by atoms with van der Waals surface area (Å²) in [6.45, 7) is 0.295. The summed E-state index contributed by atoms with van der Waals surface area (Å²) in [7, 11) is 3.09. The number of para-hydroxylation sites is 1. The molecule has 0 aliphatic rings. The summed E-state index contributed by atoms with van der Waals surface area (Å²) in [6, 6.07) is 10.8. The summed E-state index contributed by atoms with van der Waals surface area (Å²) >= 11 is 0. The number of furan rings is 1. The molecule has 2 amide bonds. The lowest BCUT2D eigenvalue weighted by Crippen LogP contribution is -2.41. The second-order valence-corrected chi connectivity index (χ2v) is 4.94. The molecule has 1 atom stereocenters. The first-order valence-corrected chi connectivity index (χ1v) is 7.39. The first kappa shape index (κ1) is 17.6. The normalized spacial score (nSPS) is 11.6. The molecule has 0 saturated carbocycles. The van der Waals surface area contributed by atoms with Crippen molar-refractivity contribution in [3.8, 4) is 5.75 Å². The molecule has 7 heteroatoms. The predicted molar refractivity (Wildman–Crippen MR) is 86.3 cm³/mol. The number of carbonyl (C=O) groups excluding carboxylic acids is 2. The maximum absolute atomic E-state index is 11.9. The van der Waals surface area contributed by atoms with Crippen molar-refractivity contribution < 1.29 is 23.5 Å². The Morgan fingerprint density at radius 3 is 2.50 bits per heavy atom. The van der Waals surface area contributed by atoms with E-state index in [0.29, 0.717) is 11.5 Å². The highest BCUT2D eigenvalue weighted by Gasteiger charge is 2.19. The summed E-state index contributed by atoms with van der Waals surface area (Å²) in [4.78, 5) is 23.6. The van der Waals surface area contributed by atoms with Crippen LogP contribution in [0.5, 0.6) is 5.75 Å². The van der Waals surface area contributed by atoms with Crippen molar-refractivity contribution in [3.05, 3.63) is 54.0 Å². The van der Waals surface area contributed by atoms with Gasteiger partial charge in [-0.25, -0.2) is 0 Å². The summed E-state index contributed by atoms with van der Waals surface area (Å²) in [6.07, 6.45) is 1.07. The molecule has 0 radical (unpaired) electrons. The Labute approximate surface area is 139 Å². The molecule has 0 aliphatic heterocycles. The molecule has 2 N–H and O–H groups in total. The number of rotatable bonds is 7. The van der Waals surface area contributed by atoms with Crippen LogP contribution in [-0.4, -0.2) is 32.6 Å². The predicted octanol–water partition coefficient (Wildman–Crippen LogP) is 1.41. The van der Waals surface area contributed by atoms with Gasteiger partial charge in [-0.15, -0.1) is 0 Å². The highest BCUT2D eigenvalue weighted by Crippen LogP contribution is 2.26. The lowest BCUT2D eigenvalue weighted by Gasteiger charge is -2.18. The van der Waals surface area contributed by atoms with E-state index < -0.39 is 17.9 Å². The lowest BCUT2D eigenvalue weighted by atomic mass is 10.1. The molecule has 2 aromatic rings. The van der Waals surface area contributed by atoms with Gasteiger partial charge in [-0.05, 0) is 18.2 Å². The van der Waals surface area contributed by atoms with E-state index in [1.165, 1.54) is 13.4 Å². The van der Waals surface area contributed by atoms with E-state index >= 15 is 0 Å². The summed E-state index contributed by atoms with van der Waals surface area (Å²) in [5, 5.41) is 5.03. The molecule has 0 bridgehead atoms. The number of ether oxygens (including phenoxy) is 2. The van der Waals surface area contributed by atoms with Gasteiger partial charge in [0.2, 0.25) is 0 Å². The Morgan fingerprint density at radius 2 is 1.83 bits per heavy atom. The van der Waals surface area contributed by atoms with Crippen molar-refractivity contribution in [2.24, 2.45) is 0 Å². The van der Waals surface area contributed by atoms with Crippen LogP contribution in [0.15, 0.2) is 47.1 Å². The van der Waals surface area contributed by atoms with Crippen LogP contribution in [0.1, 0.15) is 17.4 Å². The van der Waals surface area contributed by atoms with Gasteiger partial charge in [0, 0.05) is 19.2 Å². The molecule has 0 fully saturated rings. The fraction of sp³-hybridized carbons (Fsp3) is 0.294. The number of hydrogen-bond acceptors (Lipinski definition) is 5. The van der Waals surface area contributed by atoms with Gasteiger partial charge in [0.25, 0.3) is 0 Å². The van der Waals surface area contributed by atoms with E-state index in [4.69, 9.17) is 13.9 Å². The Balaban J connectivity index is 1.87. The number of benzene rings is 1. The van der Waals surface area contributed by atoms with Crippen LogP contribution in [0.2, 0.25) is 0 Å². The molecule has 24 heavy (non-hydrogen) atoms. The standard InChI is InChI=1S/C17H20N2O5/c1-22-14-8-4-3-7-13(14)15(23-2)11-19-17(21)16(20)18-10-12-6-5-9-24-12/h3-9,15H,10-11H2,1-2H3,(H,18,20)(H,19,21). The van der Waals surface area contributed by atoms with Crippen LogP contribution in [-0.2, 0) is 20.9 Å². The molecule has 1 unspecified atom stereocenters. The molecule has 0 spiro atoms. The minimum absolute atomic E-state index is 0.143. The van der Waals surface area contributed by atoms with Gasteiger partial charge in [-0.1, -0.05) is 18.2 Å². The van der Waals surface area contributed by atoms with Crippen LogP contribution in [0, 0.1) is 0 Å². The van der Waals surface area contributed by atoms with Crippen molar-refractivity contribution in [3.63, 3.8) is 0 Å². The van der Waals surface area contributed by atoms with E-state index in [1.54, 1.807) is 25.3 Å². The molecule has 0 aliphatic carbocycles. The molecular formula is C17H20N2O5. The largest absolute Gasteiger partial charge is 0.496 e. The molecule has 128 valence electrons. The smallest absolute Gasteiger partial charge is 0.309 e. The van der Waals surface area contributed by atoms with Crippen molar-refractivity contribution in [2.75, 3.05) is 20.8 Å². The van der Waals surface area contributed by atoms with Crippen LogP contribution in [0.25, 0.3) is 0 Å². The quantitative estimate of drug-likeness (QED) is 0.748. The van der Waals surface area contributed by atoms with Gasteiger partial charge in [-0.3, -0.25) is 9.59 Å². The summed E-state index contributed by atoms with van der Waals surface area (Å²) in [5.74, 6) is -0.249. The van der Waals surface area contributed by atoms with Gasteiger partial charge in [-0.2, -0.15) is 0 Å². The zero-order valence-electron chi connectivity index (χ0n) is 13.6. The number of hydrogen-bond donors (Lipinski definition) is 2. The molecule has 2 rings (SSSR count). The Morgan fingerprint density at radius 1 is 1.08 bits per heavy atom. The molecule has 0 saturated heterocycles. The van der Waals surface area contributed by atoms with Crippen molar-refractivity contribution >= 4 is 11.8 Å². The minimum Gasteiger partial charge on any atom is -0.496 e. The van der Waals surface area contributed by atoms with Crippen LogP contribution in [0.3, 0.4) is 0 Å². The molecule has 7 nitrogen and oxygen atoms in total. The number of amides is 2. The molecule has 1 aromatic heterocycles. The monoisotopic (exact) mass is 332 g/mol. The van der Waals surface area contributed by atoms with Crippen molar-refractivity contribution in [1.82, 2.24) is 10.6 Å². The van der Waals surface area contributed by atoms with Gasteiger partial charge in [0.15, 0.2) is 0 Å². The third-order valence-corrected chi connectivity index (χ3v) is 3.43. The Kier molecular flexibility index (Phi) is 6.39. The molecule has 1 aromatic carbocycles. The topological polar surface area (TPSA) is 89.8 Å². The highest BCUT2D eigenvalue weighted by molar-refractivity contribution is 6.35. The van der Waals surface area contributed by atoms with Crippen LogP contribution in [0.4, 0.5) is 0 Å². The van der Waals surface area contributed by atoms with Gasteiger partial charge < -0.3 is 24.5 Å². The van der Waals surface area contributed by atoms with E-state index in [1.807, 2.05) is 18.2 Å². The van der Waals surface area contributed by atoms with Crippen LogP contribution < -0.4 is 15.4 Å². The van der Waals surface area contributed by atoms with Crippen LogP contribution >= 0.6 is 0 Å². The minimum atomic E-state index is -0.737. The molecular weight excluding hydrogens is 312 g/mol. The van der Waals surface area contributed by atoms with E-state index in [0.717, 1.165) is 5.56 Å². The highest BCUT2D eigenvalue weighted by atomic mass is 16.5. The number of nitrogens with one attached hydrogen (secondary N) is 2. The third kappa shape index (κ3) is 4.60. The fourth-order valence-electron chi connectivity index (χ4n) is 2.18. The van der Waals surface area contributed by atoms with Gasteiger partial charge >= 0.3 is 11.8 Å². The average molecular weight is 332 g/mol. The third-order valence-electron chi connectivity index (χ3n) is 3.43. The van der Waals surface area contributed by atoms with Crippen molar-refractivity contribution in [2.45, 2.75) is 12.6 Å². The fourth-order valence-corrected chi connectivity index (χ4v) is 2.18. The maximum Gasteiger partial charge on any atom is 0.309 e. The lowest BCUT2D eigenvalue weighted by molar-refractivity contribution is -0.139. The Bertz CT molecular complexity index is 669. The SMILES string of the molecule is COc1ccccc1C(CNC(=O)C(=O)NCc1ccco1)OC. The number of methoxy groups -OCH3 is 2. The van der Waals surface area contributed by atoms with Crippen molar-refractivity contribution in [1.29, 1.82) is 0 Å². The first-order chi connectivity index (χ1) is 11.7. The zero-order chi connectivity index (χ0) is 17.4. The Hall–Kier alpha value is -2.80. The zero-order valence-corrected chi connectivity index (χ0v) is 13.6.